The molecule has 3 aromatic rings. The normalized spacial score (nSPS) is 22.0. The number of pyridine rings is 1. The summed E-state index contributed by atoms with van der Waals surface area (Å²) >= 11 is 7.29. The van der Waals surface area contributed by atoms with Crippen LogP contribution in [0.15, 0.2) is 79.1 Å². The van der Waals surface area contributed by atoms with E-state index in [0.717, 1.165) is 9.76 Å². The molecule has 2 nitrogen and oxygen atoms in total. The Hall–Kier alpha value is -1.41. The molecule has 1 saturated heterocycles. The van der Waals surface area contributed by atoms with Gasteiger partial charge in [0.25, 0.3) is 0 Å². The Balaban J connectivity index is 0.00000196. The molecule has 26 heavy (non-hydrogen) atoms. The smallest absolute Gasteiger partial charge is 0.632 e. The van der Waals surface area contributed by atoms with Crippen molar-refractivity contribution in [3.05, 3.63) is 95.6 Å². The van der Waals surface area contributed by atoms with Gasteiger partial charge < -0.3 is 5.32 Å². The van der Waals surface area contributed by atoms with Gasteiger partial charge in [0.05, 0.1) is 0 Å². The molecule has 2 atom stereocenters. The molecule has 1 aromatic heterocycles. The number of hydrogen-bond donors (Lipinski definition) is 0. The van der Waals surface area contributed by atoms with Crippen molar-refractivity contribution in [2.24, 2.45) is 0 Å². The molecule has 0 amide bonds. The first-order valence-corrected chi connectivity index (χ1v) is 9.39. The van der Waals surface area contributed by atoms with E-state index < -0.39 is 0 Å². The molecular weight excluding hydrogens is 351 g/mol. The molecule has 0 saturated carbocycles. The van der Waals surface area contributed by atoms with Gasteiger partial charge in [0, 0.05) is 16.6 Å². The summed E-state index contributed by atoms with van der Waals surface area (Å²) in [5.74, 6) is 0. The van der Waals surface area contributed by atoms with Crippen molar-refractivity contribution in [1.29, 1.82) is 0 Å². The maximum atomic E-state index is 5.62. The minimum absolute atomic E-state index is 0. The van der Waals surface area contributed by atoms with E-state index in [1.54, 1.807) is 24.2 Å². The SMILES string of the molecule is CC1(c2ccc(-c3ccccc3)cc2)[N-]C(c2ccncc2)C(=S)S1.[Li+]. The fourth-order valence-electron chi connectivity index (χ4n) is 3.07. The standard InChI is InChI=1S/C21H17N2S2.Li/c1-21(23-19(20(24)25-21)17-11-13-22-14-12-17)18-9-7-16(8-10-18)15-5-3-2-4-6-15;/h2-14,19H,1H3;/q-1;+1. The summed E-state index contributed by atoms with van der Waals surface area (Å²) in [6.45, 7) is 2.14. The Morgan fingerprint density at radius 2 is 1.54 bits per heavy atom. The van der Waals surface area contributed by atoms with Crippen LogP contribution in [-0.2, 0) is 4.87 Å². The van der Waals surface area contributed by atoms with Gasteiger partial charge in [-0.2, -0.15) is 0 Å². The molecule has 2 aromatic carbocycles. The summed E-state index contributed by atoms with van der Waals surface area (Å²) < 4.78 is 0.917. The summed E-state index contributed by atoms with van der Waals surface area (Å²) in [6, 6.07) is 23.0. The first-order chi connectivity index (χ1) is 12.2. The van der Waals surface area contributed by atoms with Gasteiger partial charge >= 0.3 is 18.9 Å². The molecule has 0 N–H and O–H groups in total. The average molecular weight is 368 g/mol. The Kier molecular flexibility index (Phi) is 6.02. The van der Waals surface area contributed by atoms with Crippen molar-refractivity contribution in [1.82, 2.24) is 4.98 Å². The summed E-state index contributed by atoms with van der Waals surface area (Å²) in [4.78, 5) is 3.74. The van der Waals surface area contributed by atoms with Crippen LogP contribution in [0.2, 0.25) is 0 Å². The molecule has 2 unspecified atom stereocenters. The number of benzene rings is 2. The van der Waals surface area contributed by atoms with Gasteiger partial charge in [-0.05, 0) is 28.1 Å². The Morgan fingerprint density at radius 1 is 0.923 bits per heavy atom. The molecular formula is C21H17LiN2S2. The van der Waals surface area contributed by atoms with Crippen molar-refractivity contribution in [2.75, 3.05) is 0 Å². The number of thiocarbonyl (C=S) groups is 1. The summed E-state index contributed by atoms with van der Waals surface area (Å²) in [6.07, 6.45) is 3.59. The van der Waals surface area contributed by atoms with E-state index in [0.29, 0.717) is 0 Å². The largest absolute Gasteiger partial charge is 1.00 e. The van der Waals surface area contributed by atoms with Crippen LogP contribution in [0.1, 0.15) is 24.1 Å². The first kappa shape index (κ1) is 19.4. The van der Waals surface area contributed by atoms with Crippen molar-refractivity contribution in [3.8, 4) is 11.1 Å². The summed E-state index contributed by atoms with van der Waals surface area (Å²) in [5, 5.41) is 5.04. The number of nitrogens with zero attached hydrogens (tertiary/aromatic N) is 2. The second-order valence-corrected chi connectivity index (χ2v) is 8.30. The quantitative estimate of drug-likeness (QED) is 0.525. The average Bonchev–Trinajstić information content (AvgIpc) is 2.99. The zero-order valence-electron chi connectivity index (χ0n) is 14.8. The fourth-order valence-corrected chi connectivity index (χ4v) is 4.85. The molecule has 124 valence electrons. The third kappa shape index (κ3) is 3.81. The zero-order valence-corrected chi connectivity index (χ0v) is 16.4. The number of rotatable bonds is 3. The van der Waals surface area contributed by atoms with Gasteiger partial charge in [-0.15, -0.1) is 11.8 Å². The molecule has 0 radical (unpaired) electrons. The Morgan fingerprint density at radius 3 is 2.19 bits per heavy atom. The third-order valence-corrected chi connectivity index (χ3v) is 6.08. The second-order valence-electron chi connectivity index (χ2n) is 6.16. The predicted octanol–water partition coefficient (Wildman–Crippen LogP) is 3.11. The van der Waals surface area contributed by atoms with Crippen molar-refractivity contribution in [2.45, 2.75) is 17.8 Å². The number of aromatic nitrogens is 1. The molecule has 1 aliphatic rings. The van der Waals surface area contributed by atoms with Crippen LogP contribution in [-0.4, -0.2) is 9.18 Å². The molecule has 0 aliphatic carbocycles. The minimum atomic E-state index is -0.347. The second kappa shape index (κ2) is 8.08. The summed E-state index contributed by atoms with van der Waals surface area (Å²) in [7, 11) is 0. The van der Waals surface area contributed by atoms with Crippen LogP contribution < -0.4 is 18.9 Å². The maximum Gasteiger partial charge on any atom is 1.00 e. The van der Waals surface area contributed by atoms with Crippen LogP contribution in [0.5, 0.6) is 0 Å². The molecule has 0 spiro atoms. The molecule has 4 rings (SSSR count). The topological polar surface area (TPSA) is 27.0 Å². The molecule has 5 heteroatoms. The van der Waals surface area contributed by atoms with Crippen LogP contribution in [0.3, 0.4) is 0 Å². The zero-order chi connectivity index (χ0) is 17.3. The maximum absolute atomic E-state index is 5.62. The molecule has 1 aliphatic heterocycles. The van der Waals surface area contributed by atoms with E-state index in [1.165, 1.54) is 16.7 Å². The van der Waals surface area contributed by atoms with E-state index in [2.05, 4.69) is 60.4 Å². The van der Waals surface area contributed by atoms with E-state index in [4.69, 9.17) is 17.5 Å². The number of hydrogen-bond acceptors (Lipinski definition) is 3. The van der Waals surface area contributed by atoms with Gasteiger partial charge in [0.2, 0.25) is 0 Å². The predicted molar refractivity (Wildman–Crippen MR) is 110 cm³/mol. The van der Waals surface area contributed by atoms with Crippen molar-refractivity contribution in [3.63, 3.8) is 0 Å². The Bertz CT molecular complexity index is 885. The van der Waals surface area contributed by atoms with Gasteiger partial charge in [-0.1, -0.05) is 90.9 Å². The molecule has 0 bridgehead atoms. The first-order valence-electron chi connectivity index (χ1n) is 8.16. The van der Waals surface area contributed by atoms with Crippen LogP contribution in [0.25, 0.3) is 16.4 Å². The van der Waals surface area contributed by atoms with Gasteiger partial charge in [-0.25, -0.2) is 0 Å². The van der Waals surface area contributed by atoms with E-state index >= 15 is 0 Å². The van der Waals surface area contributed by atoms with Crippen molar-refractivity contribution >= 4 is 28.2 Å². The molecule has 1 fully saturated rings. The third-order valence-electron chi connectivity index (χ3n) is 4.45. The van der Waals surface area contributed by atoms with Crippen molar-refractivity contribution < 1.29 is 18.9 Å². The summed E-state index contributed by atoms with van der Waals surface area (Å²) in [5.41, 5.74) is 4.72. The van der Waals surface area contributed by atoms with Crippen LogP contribution in [0.4, 0.5) is 0 Å². The van der Waals surface area contributed by atoms with Crippen LogP contribution in [0, 0.1) is 0 Å². The van der Waals surface area contributed by atoms with E-state index in [-0.39, 0.29) is 29.8 Å². The van der Waals surface area contributed by atoms with Crippen LogP contribution >= 0.6 is 24.0 Å². The minimum Gasteiger partial charge on any atom is -0.632 e. The fraction of sp³-hybridized carbons (Fsp3) is 0.143. The van der Waals surface area contributed by atoms with Gasteiger partial charge in [0.15, 0.2) is 0 Å². The Labute approximate surface area is 176 Å². The molecule has 2 heterocycles. The van der Waals surface area contributed by atoms with E-state index in [1.807, 2.05) is 18.2 Å². The van der Waals surface area contributed by atoms with E-state index in [9.17, 15) is 0 Å². The van der Waals surface area contributed by atoms with Gasteiger partial charge in [0.1, 0.15) is 0 Å². The number of thioether (sulfide) groups is 1. The monoisotopic (exact) mass is 368 g/mol. The van der Waals surface area contributed by atoms with Gasteiger partial charge in [-0.3, -0.25) is 4.98 Å².